The van der Waals surface area contributed by atoms with Gasteiger partial charge in [0.25, 0.3) is 0 Å². The molecule has 12 heavy (non-hydrogen) atoms. The molecular weight excluding hydrogens is 148 g/mol. The highest BCUT2D eigenvalue weighted by atomic mass is 15.1. The van der Waals surface area contributed by atoms with Crippen LogP contribution in [0.25, 0.3) is 0 Å². The van der Waals surface area contributed by atoms with E-state index in [1.54, 1.807) is 0 Å². The minimum absolute atomic E-state index is 0.236. The molecule has 0 radical (unpaired) electrons. The van der Waals surface area contributed by atoms with Crippen LogP contribution in [-0.2, 0) is 0 Å². The van der Waals surface area contributed by atoms with Crippen molar-refractivity contribution in [1.29, 1.82) is 5.41 Å². The maximum atomic E-state index is 7.83. The van der Waals surface area contributed by atoms with Gasteiger partial charge in [-0.2, -0.15) is 0 Å². The highest BCUT2D eigenvalue weighted by Crippen LogP contribution is 2.19. The Hall–Kier alpha value is -0.530. The van der Waals surface area contributed by atoms with E-state index in [4.69, 9.17) is 5.41 Å². The van der Waals surface area contributed by atoms with Gasteiger partial charge in [0.05, 0.1) is 5.84 Å². The Morgan fingerprint density at radius 3 is 1.83 bits per heavy atom. The molecule has 0 amide bonds. The number of rotatable bonds is 3. The lowest BCUT2D eigenvalue weighted by molar-refractivity contribution is 0.382. The van der Waals surface area contributed by atoms with Gasteiger partial charge >= 0.3 is 0 Å². The summed E-state index contributed by atoms with van der Waals surface area (Å²) >= 11 is 0. The highest BCUT2D eigenvalue weighted by Gasteiger charge is 2.15. The number of nitrogens with one attached hydrogen (secondary N) is 1. The second-order valence-corrected chi connectivity index (χ2v) is 4.36. The van der Waals surface area contributed by atoms with Crippen molar-refractivity contribution in [3.8, 4) is 0 Å². The SMILES string of the molecule is CCN(CC)C(=N)CC(C)(C)C. The van der Waals surface area contributed by atoms with Gasteiger partial charge < -0.3 is 4.90 Å². The van der Waals surface area contributed by atoms with Gasteiger partial charge in [0, 0.05) is 19.5 Å². The Bertz CT molecular complexity index is 140. The van der Waals surface area contributed by atoms with E-state index < -0.39 is 0 Å². The van der Waals surface area contributed by atoms with Crippen LogP contribution in [0.15, 0.2) is 0 Å². The molecule has 0 aromatic heterocycles. The average molecular weight is 170 g/mol. The first-order chi connectivity index (χ1) is 5.40. The molecule has 72 valence electrons. The van der Waals surface area contributed by atoms with Crippen molar-refractivity contribution in [3.63, 3.8) is 0 Å². The van der Waals surface area contributed by atoms with Crippen molar-refractivity contribution in [2.24, 2.45) is 5.41 Å². The molecule has 0 fully saturated rings. The summed E-state index contributed by atoms with van der Waals surface area (Å²) < 4.78 is 0. The summed E-state index contributed by atoms with van der Waals surface area (Å²) in [5.74, 6) is 0.771. The standard InChI is InChI=1S/C10H22N2/c1-6-12(7-2)9(11)8-10(3,4)5/h11H,6-8H2,1-5H3. The zero-order valence-corrected chi connectivity index (χ0v) is 9.07. The third-order valence-electron chi connectivity index (χ3n) is 1.84. The summed E-state index contributed by atoms with van der Waals surface area (Å²) in [4.78, 5) is 2.10. The molecule has 0 saturated carbocycles. The summed E-state index contributed by atoms with van der Waals surface area (Å²) in [5, 5.41) is 7.83. The molecule has 0 unspecified atom stereocenters. The molecule has 0 aromatic rings. The Morgan fingerprint density at radius 1 is 1.17 bits per heavy atom. The van der Waals surface area contributed by atoms with Crippen LogP contribution in [0.5, 0.6) is 0 Å². The second kappa shape index (κ2) is 4.48. The maximum absolute atomic E-state index is 7.83. The van der Waals surface area contributed by atoms with Crippen LogP contribution in [0.2, 0.25) is 0 Å². The Morgan fingerprint density at radius 2 is 1.58 bits per heavy atom. The minimum Gasteiger partial charge on any atom is -0.361 e. The maximum Gasteiger partial charge on any atom is 0.0962 e. The molecule has 0 aliphatic heterocycles. The number of hydrogen-bond donors (Lipinski definition) is 1. The van der Waals surface area contributed by atoms with Gasteiger partial charge in [-0.15, -0.1) is 0 Å². The van der Waals surface area contributed by atoms with Crippen LogP contribution in [0.4, 0.5) is 0 Å². The second-order valence-electron chi connectivity index (χ2n) is 4.36. The van der Waals surface area contributed by atoms with E-state index >= 15 is 0 Å². The third-order valence-corrected chi connectivity index (χ3v) is 1.84. The van der Waals surface area contributed by atoms with Crippen LogP contribution in [0, 0.1) is 10.8 Å². The first kappa shape index (κ1) is 11.5. The molecular formula is C10H22N2. The monoisotopic (exact) mass is 170 g/mol. The first-order valence-electron chi connectivity index (χ1n) is 4.73. The number of nitrogens with zero attached hydrogens (tertiary/aromatic N) is 1. The number of hydrogen-bond acceptors (Lipinski definition) is 1. The van der Waals surface area contributed by atoms with Gasteiger partial charge in [-0.3, -0.25) is 5.41 Å². The normalized spacial score (nSPS) is 11.4. The van der Waals surface area contributed by atoms with Crippen molar-refractivity contribution < 1.29 is 0 Å². The quantitative estimate of drug-likeness (QED) is 0.512. The molecule has 2 nitrogen and oxygen atoms in total. The third kappa shape index (κ3) is 4.37. The van der Waals surface area contributed by atoms with E-state index in [1.165, 1.54) is 0 Å². The van der Waals surface area contributed by atoms with Crippen LogP contribution < -0.4 is 0 Å². The van der Waals surface area contributed by atoms with Gasteiger partial charge in [-0.1, -0.05) is 20.8 Å². The molecule has 0 aromatic carbocycles. The fourth-order valence-electron chi connectivity index (χ4n) is 1.22. The summed E-state index contributed by atoms with van der Waals surface area (Å²) in [6, 6.07) is 0. The molecule has 0 aliphatic rings. The highest BCUT2D eigenvalue weighted by molar-refractivity contribution is 5.79. The Balaban J connectivity index is 4.02. The molecule has 0 heterocycles. The van der Waals surface area contributed by atoms with Gasteiger partial charge in [0.1, 0.15) is 0 Å². The van der Waals surface area contributed by atoms with Crippen molar-refractivity contribution in [2.45, 2.75) is 41.0 Å². The summed E-state index contributed by atoms with van der Waals surface area (Å²) in [6.07, 6.45) is 0.870. The summed E-state index contributed by atoms with van der Waals surface area (Å²) in [6.45, 7) is 12.6. The molecule has 0 atom stereocenters. The zero-order chi connectivity index (χ0) is 9.78. The van der Waals surface area contributed by atoms with E-state index in [0.717, 1.165) is 25.3 Å². The number of amidine groups is 1. The predicted molar refractivity (Wildman–Crippen MR) is 54.7 cm³/mol. The van der Waals surface area contributed by atoms with Crippen molar-refractivity contribution in [2.75, 3.05) is 13.1 Å². The lowest BCUT2D eigenvalue weighted by Gasteiger charge is -2.27. The first-order valence-corrected chi connectivity index (χ1v) is 4.73. The van der Waals surface area contributed by atoms with E-state index in [9.17, 15) is 0 Å². The largest absolute Gasteiger partial charge is 0.361 e. The summed E-state index contributed by atoms with van der Waals surface area (Å²) in [7, 11) is 0. The molecule has 1 N–H and O–H groups in total. The molecule has 0 saturated heterocycles. The van der Waals surface area contributed by atoms with Gasteiger partial charge in [-0.25, -0.2) is 0 Å². The van der Waals surface area contributed by atoms with Crippen molar-refractivity contribution in [3.05, 3.63) is 0 Å². The molecule has 0 bridgehead atoms. The smallest absolute Gasteiger partial charge is 0.0962 e. The fraction of sp³-hybridized carbons (Fsp3) is 0.900. The van der Waals surface area contributed by atoms with Crippen LogP contribution in [0.1, 0.15) is 41.0 Å². The van der Waals surface area contributed by atoms with Crippen LogP contribution in [0.3, 0.4) is 0 Å². The van der Waals surface area contributed by atoms with E-state index in [1.807, 2.05) is 0 Å². The molecule has 0 spiro atoms. The fourth-order valence-corrected chi connectivity index (χ4v) is 1.22. The average Bonchev–Trinajstić information content (AvgIpc) is 1.85. The Labute approximate surface area is 76.5 Å². The van der Waals surface area contributed by atoms with E-state index in [0.29, 0.717) is 0 Å². The van der Waals surface area contributed by atoms with E-state index in [-0.39, 0.29) is 5.41 Å². The zero-order valence-electron chi connectivity index (χ0n) is 9.07. The molecule has 2 heteroatoms. The molecule has 0 rings (SSSR count). The molecule has 0 aliphatic carbocycles. The lowest BCUT2D eigenvalue weighted by atomic mass is 9.91. The van der Waals surface area contributed by atoms with Crippen LogP contribution >= 0.6 is 0 Å². The van der Waals surface area contributed by atoms with Crippen molar-refractivity contribution in [1.82, 2.24) is 4.90 Å². The van der Waals surface area contributed by atoms with Gasteiger partial charge in [-0.05, 0) is 19.3 Å². The lowest BCUT2D eigenvalue weighted by Crippen LogP contribution is -2.32. The van der Waals surface area contributed by atoms with Gasteiger partial charge in [0.15, 0.2) is 0 Å². The van der Waals surface area contributed by atoms with E-state index in [2.05, 4.69) is 39.5 Å². The van der Waals surface area contributed by atoms with Crippen molar-refractivity contribution >= 4 is 5.84 Å². The summed E-state index contributed by atoms with van der Waals surface area (Å²) in [5.41, 5.74) is 0.236. The Kier molecular flexibility index (Phi) is 4.29. The van der Waals surface area contributed by atoms with Crippen LogP contribution in [-0.4, -0.2) is 23.8 Å². The predicted octanol–water partition coefficient (Wildman–Crippen LogP) is 2.74. The van der Waals surface area contributed by atoms with Gasteiger partial charge in [0.2, 0.25) is 0 Å². The minimum atomic E-state index is 0.236. The topological polar surface area (TPSA) is 27.1 Å².